The molecule has 2 fully saturated rings. The molecule has 3 aliphatic carbocycles. The molecule has 6 atom stereocenters. The number of rotatable bonds is 4. The van der Waals surface area contributed by atoms with Crippen molar-refractivity contribution < 1.29 is 14.3 Å². The maximum absolute atomic E-state index is 12.8. The van der Waals surface area contributed by atoms with Crippen molar-refractivity contribution in [3.8, 4) is 0 Å². The molecule has 0 N–H and O–H groups in total. The summed E-state index contributed by atoms with van der Waals surface area (Å²) in [5.74, 6) is 0.687. The van der Waals surface area contributed by atoms with Crippen molar-refractivity contribution in [3.05, 3.63) is 42.0 Å². The van der Waals surface area contributed by atoms with Crippen LogP contribution in [0.1, 0.15) is 59.3 Å². The third kappa shape index (κ3) is 3.36. The second kappa shape index (κ2) is 7.85. The summed E-state index contributed by atoms with van der Waals surface area (Å²) in [5, 5.41) is 0.116. The molecule has 4 heteroatoms. The summed E-state index contributed by atoms with van der Waals surface area (Å²) in [6.45, 7) is 6.63. The zero-order valence-electron chi connectivity index (χ0n) is 18.6. The monoisotopic (exact) mass is 426 g/mol. The van der Waals surface area contributed by atoms with E-state index in [0.717, 1.165) is 38.5 Å². The first-order valence-corrected chi connectivity index (χ1v) is 12.1. The van der Waals surface area contributed by atoms with E-state index in [2.05, 4.69) is 51.1 Å². The fraction of sp³-hybridized carbons (Fsp3) is 0.615. The van der Waals surface area contributed by atoms with Crippen molar-refractivity contribution in [2.45, 2.75) is 69.4 Å². The van der Waals surface area contributed by atoms with Crippen molar-refractivity contribution in [1.29, 1.82) is 0 Å². The molecule has 30 heavy (non-hydrogen) atoms. The van der Waals surface area contributed by atoms with Crippen LogP contribution in [0.25, 0.3) is 0 Å². The Labute approximate surface area is 185 Å². The molecule has 4 rings (SSSR count). The zero-order chi connectivity index (χ0) is 21.6. The second-order valence-electron chi connectivity index (χ2n) is 10.3. The average Bonchev–Trinajstić information content (AvgIpc) is 2.74. The minimum absolute atomic E-state index is 0.00379. The summed E-state index contributed by atoms with van der Waals surface area (Å²) in [7, 11) is 1.52. The topological polar surface area (TPSA) is 43.4 Å². The molecule has 0 spiro atoms. The molecule has 0 heterocycles. The van der Waals surface area contributed by atoms with Gasteiger partial charge in [-0.05, 0) is 68.4 Å². The van der Waals surface area contributed by atoms with Gasteiger partial charge in [0.15, 0.2) is 0 Å². The lowest BCUT2D eigenvalue weighted by Crippen LogP contribution is -2.54. The molecule has 0 radical (unpaired) electrons. The van der Waals surface area contributed by atoms with Gasteiger partial charge in [-0.1, -0.05) is 50.1 Å². The summed E-state index contributed by atoms with van der Waals surface area (Å²) in [6.07, 6.45) is 9.69. The van der Waals surface area contributed by atoms with Crippen LogP contribution >= 0.6 is 11.8 Å². The lowest BCUT2D eigenvalue weighted by molar-refractivity contribution is -0.164. The summed E-state index contributed by atoms with van der Waals surface area (Å²) < 4.78 is 5.26. The number of hydrogen-bond donors (Lipinski definition) is 0. The Morgan fingerprint density at radius 2 is 1.87 bits per heavy atom. The summed E-state index contributed by atoms with van der Waals surface area (Å²) >= 11 is 1.80. The van der Waals surface area contributed by atoms with Gasteiger partial charge in [0.1, 0.15) is 6.29 Å². The molecule has 2 saturated carbocycles. The number of benzene rings is 1. The Balaban J connectivity index is 1.74. The van der Waals surface area contributed by atoms with E-state index >= 15 is 0 Å². The number of allylic oxidation sites excluding steroid dienone is 1. The van der Waals surface area contributed by atoms with Crippen molar-refractivity contribution in [2.75, 3.05) is 7.11 Å². The minimum Gasteiger partial charge on any atom is -0.469 e. The fourth-order valence-electron chi connectivity index (χ4n) is 6.79. The van der Waals surface area contributed by atoms with Crippen LogP contribution in [0.4, 0.5) is 0 Å². The molecule has 1 aromatic rings. The van der Waals surface area contributed by atoms with Crippen LogP contribution in [0.3, 0.4) is 0 Å². The molecule has 3 aliphatic rings. The molecule has 4 unspecified atom stereocenters. The minimum atomic E-state index is -0.416. The Morgan fingerprint density at radius 3 is 2.53 bits per heavy atom. The number of carbonyl (C=O) groups is 2. The highest BCUT2D eigenvalue weighted by Crippen LogP contribution is 2.64. The maximum atomic E-state index is 12.8. The first-order chi connectivity index (χ1) is 14.3. The average molecular weight is 427 g/mol. The van der Waals surface area contributed by atoms with E-state index in [0.29, 0.717) is 11.8 Å². The predicted molar refractivity (Wildman–Crippen MR) is 121 cm³/mol. The van der Waals surface area contributed by atoms with E-state index in [1.165, 1.54) is 23.9 Å². The number of carbonyl (C=O) groups excluding carboxylic acids is 2. The Hall–Kier alpha value is -1.55. The van der Waals surface area contributed by atoms with Crippen LogP contribution in [-0.4, -0.2) is 24.6 Å². The number of thioether (sulfide) groups is 1. The molecule has 0 aromatic heterocycles. The lowest BCUT2D eigenvalue weighted by Gasteiger charge is -2.58. The Bertz CT molecular complexity index is 849. The molecule has 1 aromatic carbocycles. The van der Waals surface area contributed by atoms with Crippen LogP contribution in [0.2, 0.25) is 0 Å². The molecule has 0 amide bonds. The van der Waals surface area contributed by atoms with Gasteiger partial charge >= 0.3 is 5.97 Å². The quantitative estimate of drug-likeness (QED) is 0.332. The molecule has 0 bridgehead atoms. The smallest absolute Gasteiger partial charge is 0.311 e. The van der Waals surface area contributed by atoms with E-state index in [1.807, 2.05) is 6.07 Å². The lowest BCUT2D eigenvalue weighted by atomic mass is 9.46. The highest BCUT2D eigenvalue weighted by atomic mass is 32.2. The second-order valence-corrected chi connectivity index (χ2v) is 11.5. The normalized spacial score (nSPS) is 40.5. The van der Waals surface area contributed by atoms with Crippen molar-refractivity contribution in [3.63, 3.8) is 0 Å². The third-order valence-electron chi connectivity index (χ3n) is 8.43. The third-order valence-corrected chi connectivity index (χ3v) is 9.90. The van der Waals surface area contributed by atoms with Gasteiger partial charge < -0.3 is 9.53 Å². The highest BCUT2D eigenvalue weighted by molar-refractivity contribution is 8.00. The molecule has 162 valence electrons. The van der Waals surface area contributed by atoms with E-state index in [4.69, 9.17) is 4.74 Å². The van der Waals surface area contributed by atoms with Gasteiger partial charge in [-0.3, -0.25) is 4.79 Å². The fourth-order valence-corrected chi connectivity index (χ4v) is 8.04. The number of esters is 1. The van der Waals surface area contributed by atoms with Crippen LogP contribution in [0.5, 0.6) is 0 Å². The van der Waals surface area contributed by atoms with Gasteiger partial charge in [0.25, 0.3) is 0 Å². The van der Waals surface area contributed by atoms with Gasteiger partial charge in [-0.15, -0.1) is 11.8 Å². The van der Waals surface area contributed by atoms with Crippen LogP contribution in [-0.2, 0) is 14.3 Å². The van der Waals surface area contributed by atoms with E-state index in [9.17, 15) is 9.59 Å². The van der Waals surface area contributed by atoms with Gasteiger partial charge in [-0.2, -0.15) is 0 Å². The Kier molecular flexibility index (Phi) is 5.67. The number of hydrogen-bond acceptors (Lipinski definition) is 4. The van der Waals surface area contributed by atoms with Crippen LogP contribution in [0, 0.1) is 28.1 Å². The standard InChI is InChI=1S/C26H34O3S/c1-24(17-27)16-18-11-12-21-25(2,13-8-14-26(21,3)23(28)29-4)20(18)15-22(24)30-19-9-6-5-7-10-19/h5-7,9-10,15,17-18,21-22H,8,11-14,16H2,1-4H3/t18?,21?,22?,24?,25-,26+/m0/s1. The van der Waals surface area contributed by atoms with Crippen molar-refractivity contribution in [1.82, 2.24) is 0 Å². The van der Waals surface area contributed by atoms with E-state index in [-0.39, 0.29) is 22.0 Å². The highest BCUT2D eigenvalue weighted by Gasteiger charge is 2.59. The molecule has 0 saturated heterocycles. The largest absolute Gasteiger partial charge is 0.469 e. The predicted octanol–water partition coefficient (Wildman–Crippen LogP) is 6.08. The van der Waals surface area contributed by atoms with Gasteiger partial charge in [0, 0.05) is 15.6 Å². The van der Waals surface area contributed by atoms with Crippen LogP contribution in [0.15, 0.2) is 46.9 Å². The molecule has 3 nitrogen and oxygen atoms in total. The van der Waals surface area contributed by atoms with Crippen molar-refractivity contribution >= 4 is 24.0 Å². The molecular weight excluding hydrogens is 392 g/mol. The summed E-state index contributed by atoms with van der Waals surface area (Å²) in [4.78, 5) is 26.3. The summed E-state index contributed by atoms with van der Waals surface area (Å²) in [5.41, 5.74) is 0.726. The number of methoxy groups -OCH3 is 1. The first-order valence-electron chi connectivity index (χ1n) is 11.3. The maximum Gasteiger partial charge on any atom is 0.311 e. The Morgan fingerprint density at radius 1 is 1.13 bits per heavy atom. The summed E-state index contributed by atoms with van der Waals surface area (Å²) in [6, 6.07) is 10.4. The number of aldehydes is 1. The number of fused-ring (bicyclic) bond motifs is 3. The molecular formula is C26H34O3S. The van der Waals surface area contributed by atoms with Crippen LogP contribution < -0.4 is 0 Å². The van der Waals surface area contributed by atoms with Gasteiger partial charge in [0.2, 0.25) is 0 Å². The SMILES string of the molecule is COC(=O)[C@]1(C)CCC[C@@]2(C)C3=CC(Sc4ccccc4)C(C)(C=O)CC3CCC12. The molecule has 0 aliphatic heterocycles. The van der Waals surface area contributed by atoms with E-state index in [1.54, 1.807) is 11.8 Å². The zero-order valence-corrected chi connectivity index (χ0v) is 19.5. The van der Waals surface area contributed by atoms with Crippen molar-refractivity contribution in [2.24, 2.45) is 28.1 Å². The van der Waals surface area contributed by atoms with Gasteiger partial charge in [0.05, 0.1) is 12.5 Å². The van der Waals surface area contributed by atoms with E-state index < -0.39 is 5.41 Å². The van der Waals surface area contributed by atoms with Gasteiger partial charge in [-0.25, -0.2) is 0 Å². The number of ether oxygens (including phenoxy) is 1. The first kappa shape index (κ1) is 21.7.